The van der Waals surface area contributed by atoms with Gasteiger partial charge in [0.05, 0.1) is 12.3 Å². The van der Waals surface area contributed by atoms with Gasteiger partial charge in [0, 0.05) is 47.1 Å². The van der Waals surface area contributed by atoms with Crippen LogP contribution in [0, 0.1) is 19.3 Å². The smallest absolute Gasteiger partial charge is 0.270 e. The van der Waals surface area contributed by atoms with Crippen LogP contribution >= 0.6 is 0 Å². The lowest BCUT2D eigenvalue weighted by Gasteiger charge is -2.38. The number of aryl methyl sites for hydroxylation is 3. The Morgan fingerprint density at radius 1 is 1.11 bits per heavy atom. The summed E-state index contributed by atoms with van der Waals surface area (Å²) < 4.78 is 7.59. The summed E-state index contributed by atoms with van der Waals surface area (Å²) in [6, 6.07) is 16.3. The number of anilines is 1. The second-order valence-electron chi connectivity index (χ2n) is 10.3. The quantitative estimate of drug-likeness (QED) is 0.361. The van der Waals surface area contributed by atoms with Crippen molar-refractivity contribution in [2.75, 3.05) is 11.9 Å². The zero-order chi connectivity index (χ0) is 26.4. The molecule has 2 aromatic carbocycles. The fourth-order valence-corrected chi connectivity index (χ4v) is 5.69. The van der Waals surface area contributed by atoms with Gasteiger partial charge in [0.25, 0.3) is 5.91 Å². The molecule has 194 valence electrons. The molecule has 6 rings (SSSR count). The number of fused-ring (bicyclic) bond motifs is 1. The minimum Gasteiger partial charge on any atom is -0.493 e. The molecular weight excluding hydrogens is 480 g/mol. The molecule has 0 bridgehead atoms. The monoisotopic (exact) mass is 510 g/mol. The van der Waals surface area contributed by atoms with E-state index < -0.39 is 6.04 Å². The molecule has 9 nitrogen and oxygen atoms in total. The number of aromatic amines is 1. The number of nitrogens with one attached hydrogen (secondary N) is 3. The number of hydrogen-bond acceptors (Lipinski definition) is 5. The second kappa shape index (κ2) is 9.16. The van der Waals surface area contributed by atoms with Gasteiger partial charge in [0.15, 0.2) is 0 Å². The Hall–Kier alpha value is -4.40. The first-order valence-electron chi connectivity index (χ1n) is 12.8. The van der Waals surface area contributed by atoms with Crippen LogP contribution < -0.4 is 15.4 Å². The van der Waals surface area contributed by atoms with E-state index in [2.05, 4.69) is 25.9 Å². The number of nitrogens with zero attached hydrogens (tertiary/aromatic N) is 3. The Balaban J connectivity index is 1.32. The first-order valence-corrected chi connectivity index (χ1v) is 12.8. The maximum atomic E-state index is 13.9. The van der Waals surface area contributed by atoms with Crippen molar-refractivity contribution in [1.29, 1.82) is 0 Å². The highest BCUT2D eigenvalue weighted by Gasteiger charge is 2.57. The summed E-state index contributed by atoms with van der Waals surface area (Å²) in [6.45, 7) is 4.47. The average molecular weight is 511 g/mol. The molecule has 2 aromatic heterocycles. The Labute approximate surface area is 220 Å². The molecule has 2 atom stereocenters. The van der Waals surface area contributed by atoms with Crippen molar-refractivity contribution in [3.05, 3.63) is 83.4 Å². The van der Waals surface area contributed by atoms with Crippen molar-refractivity contribution in [3.8, 4) is 16.9 Å². The van der Waals surface area contributed by atoms with Crippen molar-refractivity contribution in [2.24, 2.45) is 12.5 Å². The molecule has 9 heteroatoms. The number of amides is 2. The first kappa shape index (κ1) is 24.0. The maximum Gasteiger partial charge on any atom is 0.270 e. The van der Waals surface area contributed by atoms with Gasteiger partial charge in [-0.1, -0.05) is 30.3 Å². The lowest BCUT2D eigenvalue weighted by atomic mass is 9.76. The molecule has 1 saturated carbocycles. The Bertz CT molecular complexity index is 1500. The molecule has 2 amide bonds. The van der Waals surface area contributed by atoms with E-state index in [4.69, 9.17) is 4.74 Å². The van der Waals surface area contributed by atoms with Crippen LogP contribution in [0.4, 0.5) is 5.69 Å². The molecule has 1 spiro atoms. The van der Waals surface area contributed by atoms with Crippen molar-refractivity contribution in [1.82, 2.24) is 25.3 Å². The minimum atomic E-state index is -0.803. The lowest BCUT2D eigenvalue weighted by molar-refractivity contribution is -0.119. The lowest BCUT2D eigenvalue weighted by Crippen LogP contribution is -2.52. The summed E-state index contributed by atoms with van der Waals surface area (Å²) in [4.78, 5) is 27.3. The molecule has 2 aliphatic rings. The number of rotatable bonds is 6. The summed E-state index contributed by atoms with van der Waals surface area (Å²) in [5.74, 6) is -0.0685. The average Bonchev–Trinajstić information content (AvgIpc) is 3.41. The van der Waals surface area contributed by atoms with Gasteiger partial charge in [-0.2, -0.15) is 10.2 Å². The number of H-pyrrole nitrogens is 1. The highest BCUT2D eigenvalue weighted by atomic mass is 16.5. The molecule has 1 aliphatic heterocycles. The van der Waals surface area contributed by atoms with E-state index >= 15 is 0 Å². The summed E-state index contributed by atoms with van der Waals surface area (Å²) in [5, 5.41) is 17.5. The summed E-state index contributed by atoms with van der Waals surface area (Å²) in [7, 11) is 1.71. The van der Waals surface area contributed by atoms with Gasteiger partial charge in [-0.3, -0.25) is 19.4 Å². The van der Waals surface area contributed by atoms with Crippen LogP contribution in [-0.2, 0) is 11.8 Å². The van der Waals surface area contributed by atoms with Crippen LogP contribution in [0.2, 0.25) is 0 Å². The standard InChI is InChI=1S/C29H30N6O3/c1-17-24(18(2)34-33-17)19-8-10-20(11-9-19)31-28(37)26(32-27(36)22-12-15-30-35(22)3)25-21-6-4-5-7-23(21)38-16-29(25)13-14-29/h4-12,15,25-26H,13-14,16H2,1-3H3,(H,31,37)(H,32,36)(H,33,34)/t25?,26-/m0/s1. The van der Waals surface area contributed by atoms with Gasteiger partial charge in [-0.05, 0) is 56.5 Å². The number of para-hydroxylation sites is 1. The van der Waals surface area contributed by atoms with Crippen LogP contribution in [-0.4, -0.2) is 44.4 Å². The maximum absolute atomic E-state index is 13.9. The van der Waals surface area contributed by atoms with Gasteiger partial charge in [-0.15, -0.1) is 0 Å². The minimum absolute atomic E-state index is 0.184. The second-order valence-corrected chi connectivity index (χ2v) is 10.3. The van der Waals surface area contributed by atoms with Crippen LogP contribution in [0.3, 0.4) is 0 Å². The fraction of sp³-hybridized carbons (Fsp3) is 0.310. The number of benzene rings is 2. The summed E-state index contributed by atoms with van der Waals surface area (Å²) in [6.07, 6.45) is 3.45. The topological polar surface area (TPSA) is 114 Å². The van der Waals surface area contributed by atoms with Crippen LogP contribution in [0.25, 0.3) is 11.1 Å². The summed E-state index contributed by atoms with van der Waals surface area (Å²) >= 11 is 0. The van der Waals surface area contributed by atoms with Crippen molar-refractivity contribution < 1.29 is 14.3 Å². The van der Waals surface area contributed by atoms with E-state index in [1.165, 1.54) is 4.68 Å². The zero-order valence-electron chi connectivity index (χ0n) is 21.6. The highest BCUT2D eigenvalue weighted by molar-refractivity contribution is 6.01. The Kier molecular flexibility index (Phi) is 5.78. The largest absolute Gasteiger partial charge is 0.493 e. The van der Waals surface area contributed by atoms with E-state index in [0.717, 1.165) is 46.7 Å². The third-order valence-corrected chi connectivity index (χ3v) is 7.85. The molecular formula is C29H30N6O3. The Morgan fingerprint density at radius 3 is 2.53 bits per heavy atom. The van der Waals surface area contributed by atoms with Crippen LogP contribution in [0.1, 0.15) is 46.2 Å². The fourth-order valence-electron chi connectivity index (χ4n) is 5.69. The van der Waals surface area contributed by atoms with Gasteiger partial charge in [0.2, 0.25) is 5.91 Å². The van der Waals surface area contributed by atoms with Gasteiger partial charge < -0.3 is 15.4 Å². The third kappa shape index (κ3) is 4.13. The zero-order valence-corrected chi connectivity index (χ0v) is 21.6. The van der Waals surface area contributed by atoms with E-state index in [9.17, 15) is 9.59 Å². The molecule has 0 saturated heterocycles. The molecule has 3 heterocycles. The molecule has 0 radical (unpaired) electrons. The molecule has 1 fully saturated rings. The number of aromatic nitrogens is 4. The molecule has 3 N–H and O–H groups in total. The van der Waals surface area contributed by atoms with E-state index in [1.54, 1.807) is 19.3 Å². The predicted octanol–water partition coefficient (Wildman–Crippen LogP) is 4.12. The predicted molar refractivity (Wildman–Crippen MR) is 143 cm³/mol. The van der Waals surface area contributed by atoms with E-state index in [1.807, 2.05) is 62.4 Å². The first-order chi connectivity index (χ1) is 18.4. The summed E-state index contributed by atoms with van der Waals surface area (Å²) in [5.41, 5.74) is 5.79. The van der Waals surface area contributed by atoms with Gasteiger partial charge >= 0.3 is 0 Å². The Morgan fingerprint density at radius 2 is 1.87 bits per heavy atom. The van der Waals surface area contributed by atoms with Crippen molar-refractivity contribution >= 4 is 17.5 Å². The molecule has 1 aliphatic carbocycles. The number of carbonyl (C=O) groups is 2. The van der Waals surface area contributed by atoms with Gasteiger partial charge in [0.1, 0.15) is 17.5 Å². The van der Waals surface area contributed by atoms with Crippen LogP contribution in [0.5, 0.6) is 5.75 Å². The number of ether oxygens (including phenoxy) is 1. The van der Waals surface area contributed by atoms with Crippen LogP contribution in [0.15, 0.2) is 60.8 Å². The SMILES string of the molecule is Cc1n[nH]c(C)c1-c1ccc(NC(=O)[C@@H](NC(=O)c2ccnn2C)C2c3ccccc3OCC23CC3)cc1. The highest BCUT2D eigenvalue weighted by Crippen LogP contribution is 2.61. The van der Waals surface area contributed by atoms with Crippen molar-refractivity contribution in [2.45, 2.75) is 38.6 Å². The molecule has 4 aromatic rings. The third-order valence-electron chi connectivity index (χ3n) is 7.85. The molecule has 1 unspecified atom stereocenters. The van der Waals surface area contributed by atoms with Gasteiger partial charge in [-0.25, -0.2) is 0 Å². The number of hydrogen-bond donors (Lipinski definition) is 3. The molecule has 38 heavy (non-hydrogen) atoms. The number of carbonyl (C=O) groups excluding carboxylic acids is 2. The van der Waals surface area contributed by atoms with E-state index in [0.29, 0.717) is 18.0 Å². The van der Waals surface area contributed by atoms with Crippen molar-refractivity contribution in [3.63, 3.8) is 0 Å². The normalized spacial score (nSPS) is 17.8. The van der Waals surface area contributed by atoms with E-state index in [-0.39, 0.29) is 23.1 Å².